The molecule has 0 aliphatic carbocycles. The van der Waals surface area contributed by atoms with Gasteiger partial charge in [0.15, 0.2) is 11.5 Å². The van der Waals surface area contributed by atoms with Crippen molar-refractivity contribution in [3.05, 3.63) is 57.6 Å². The van der Waals surface area contributed by atoms with Crippen LogP contribution in [0, 0.1) is 6.92 Å². The van der Waals surface area contributed by atoms with Crippen molar-refractivity contribution in [3.63, 3.8) is 0 Å². The van der Waals surface area contributed by atoms with Crippen LogP contribution in [-0.4, -0.2) is 13.2 Å². The highest BCUT2D eigenvalue weighted by Gasteiger charge is 2.13. The Morgan fingerprint density at radius 2 is 1.96 bits per heavy atom. The Balaban J connectivity index is 2.13. The molecule has 2 aromatic rings. The predicted molar refractivity (Wildman–Crippen MR) is 103 cm³/mol. The fourth-order valence-corrected chi connectivity index (χ4v) is 2.98. The van der Waals surface area contributed by atoms with Crippen LogP contribution in [0.15, 0.2) is 40.9 Å². The molecule has 2 rings (SSSR count). The van der Waals surface area contributed by atoms with Crippen molar-refractivity contribution in [2.24, 2.45) is 0 Å². The summed E-state index contributed by atoms with van der Waals surface area (Å²) in [7, 11) is 1.67. The second-order valence-corrected chi connectivity index (χ2v) is 6.87. The molecule has 0 heterocycles. The highest BCUT2D eigenvalue weighted by Crippen LogP contribution is 2.37. The van der Waals surface area contributed by atoms with Crippen LogP contribution in [0.25, 0.3) is 0 Å². The van der Waals surface area contributed by atoms with Gasteiger partial charge in [0.1, 0.15) is 6.61 Å². The van der Waals surface area contributed by atoms with E-state index in [0.29, 0.717) is 12.6 Å². The van der Waals surface area contributed by atoms with Crippen LogP contribution in [0.1, 0.15) is 37.0 Å². The van der Waals surface area contributed by atoms with E-state index in [1.807, 2.05) is 18.2 Å². The number of ether oxygens (including phenoxy) is 2. The SMILES string of the molecule is CC[C@@H](C)NCc1cc(Br)c(OCc2ccccc2C)c(OC)c1. The number of benzene rings is 2. The Morgan fingerprint density at radius 3 is 2.62 bits per heavy atom. The van der Waals surface area contributed by atoms with Gasteiger partial charge in [-0.25, -0.2) is 0 Å². The first kappa shape index (κ1) is 18.8. The minimum Gasteiger partial charge on any atom is -0.493 e. The zero-order valence-electron chi connectivity index (χ0n) is 14.9. The number of halogens is 1. The quantitative estimate of drug-likeness (QED) is 0.667. The van der Waals surface area contributed by atoms with Crippen molar-refractivity contribution in [2.45, 2.75) is 46.4 Å². The van der Waals surface area contributed by atoms with E-state index in [9.17, 15) is 0 Å². The highest BCUT2D eigenvalue weighted by atomic mass is 79.9. The molecule has 0 radical (unpaired) electrons. The first-order valence-electron chi connectivity index (χ1n) is 8.32. The predicted octanol–water partition coefficient (Wildman–Crippen LogP) is 5.23. The molecule has 0 saturated carbocycles. The molecule has 2 aromatic carbocycles. The van der Waals surface area contributed by atoms with Crippen molar-refractivity contribution in [3.8, 4) is 11.5 Å². The van der Waals surface area contributed by atoms with Crippen LogP contribution >= 0.6 is 15.9 Å². The third-order valence-corrected chi connectivity index (χ3v) is 4.78. The van der Waals surface area contributed by atoms with E-state index in [-0.39, 0.29) is 0 Å². The molecule has 4 heteroatoms. The minimum atomic E-state index is 0.492. The monoisotopic (exact) mass is 391 g/mol. The van der Waals surface area contributed by atoms with Crippen molar-refractivity contribution in [1.29, 1.82) is 0 Å². The number of methoxy groups -OCH3 is 1. The Labute approximate surface area is 153 Å². The first-order valence-corrected chi connectivity index (χ1v) is 9.11. The van der Waals surface area contributed by atoms with Crippen molar-refractivity contribution >= 4 is 15.9 Å². The molecule has 1 N–H and O–H groups in total. The Hall–Kier alpha value is -1.52. The molecule has 0 bridgehead atoms. The second kappa shape index (κ2) is 9.09. The summed E-state index contributed by atoms with van der Waals surface area (Å²) in [5.41, 5.74) is 3.57. The van der Waals surface area contributed by atoms with Gasteiger partial charge in [0.2, 0.25) is 0 Å². The molecular formula is C20H26BrNO2. The average Bonchev–Trinajstić information content (AvgIpc) is 2.59. The molecule has 24 heavy (non-hydrogen) atoms. The zero-order chi connectivity index (χ0) is 17.5. The van der Waals surface area contributed by atoms with Gasteiger partial charge in [-0.1, -0.05) is 31.2 Å². The van der Waals surface area contributed by atoms with E-state index in [1.165, 1.54) is 16.7 Å². The molecule has 0 saturated heterocycles. The van der Waals surface area contributed by atoms with Gasteiger partial charge in [-0.3, -0.25) is 0 Å². The smallest absolute Gasteiger partial charge is 0.175 e. The van der Waals surface area contributed by atoms with Gasteiger partial charge >= 0.3 is 0 Å². The minimum absolute atomic E-state index is 0.492. The van der Waals surface area contributed by atoms with Gasteiger partial charge in [-0.05, 0) is 65.0 Å². The van der Waals surface area contributed by atoms with Crippen LogP contribution in [0.5, 0.6) is 11.5 Å². The van der Waals surface area contributed by atoms with E-state index < -0.39 is 0 Å². The van der Waals surface area contributed by atoms with E-state index >= 15 is 0 Å². The van der Waals surface area contributed by atoms with Gasteiger partial charge in [-0.2, -0.15) is 0 Å². The van der Waals surface area contributed by atoms with E-state index in [4.69, 9.17) is 9.47 Å². The maximum Gasteiger partial charge on any atom is 0.175 e. The average molecular weight is 392 g/mol. The maximum absolute atomic E-state index is 6.04. The van der Waals surface area contributed by atoms with E-state index in [2.05, 4.69) is 60.2 Å². The Bertz CT molecular complexity index is 673. The Morgan fingerprint density at radius 1 is 1.21 bits per heavy atom. The summed E-state index contributed by atoms with van der Waals surface area (Å²) in [6.07, 6.45) is 1.11. The van der Waals surface area contributed by atoms with Crippen molar-refractivity contribution < 1.29 is 9.47 Å². The van der Waals surface area contributed by atoms with Gasteiger partial charge in [-0.15, -0.1) is 0 Å². The summed E-state index contributed by atoms with van der Waals surface area (Å²) >= 11 is 3.62. The summed E-state index contributed by atoms with van der Waals surface area (Å²) in [4.78, 5) is 0. The number of rotatable bonds is 8. The van der Waals surface area contributed by atoms with Crippen LogP contribution in [0.3, 0.4) is 0 Å². The molecule has 0 aliphatic heterocycles. The lowest BCUT2D eigenvalue weighted by Crippen LogP contribution is -2.24. The van der Waals surface area contributed by atoms with Gasteiger partial charge < -0.3 is 14.8 Å². The summed E-state index contributed by atoms with van der Waals surface area (Å²) < 4.78 is 12.5. The number of hydrogen-bond acceptors (Lipinski definition) is 3. The highest BCUT2D eigenvalue weighted by molar-refractivity contribution is 9.10. The molecule has 0 fully saturated rings. The normalized spacial score (nSPS) is 12.0. The lowest BCUT2D eigenvalue weighted by Gasteiger charge is -2.16. The first-order chi connectivity index (χ1) is 11.5. The van der Waals surface area contributed by atoms with Gasteiger partial charge in [0.25, 0.3) is 0 Å². The largest absolute Gasteiger partial charge is 0.493 e. The molecular weight excluding hydrogens is 366 g/mol. The standard InChI is InChI=1S/C20H26BrNO2/c1-5-15(3)22-12-16-10-18(21)20(19(11-16)23-4)24-13-17-9-7-6-8-14(17)2/h6-11,15,22H,5,12-13H2,1-4H3/t15-/m1/s1. The topological polar surface area (TPSA) is 30.5 Å². The maximum atomic E-state index is 6.04. The lowest BCUT2D eigenvalue weighted by atomic mass is 10.1. The van der Waals surface area contributed by atoms with Gasteiger partial charge in [0, 0.05) is 12.6 Å². The third kappa shape index (κ3) is 4.99. The molecule has 0 spiro atoms. The molecule has 130 valence electrons. The summed E-state index contributed by atoms with van der Waals surface area (Å²) in [6.45, 7) is 7.78. The van der Waals surface area contributed by atoms with Crippen molar-refractivity contribution in [2.75, 3.05) is 7.11 Å². The molecule has 1 atom stereocenters. The third-order valence-electron chi connectivity index (χ3n) is 4.19. The molecule has 0 unspecified atom stereocenters. The summed E-state index contributed by atoms with van der Waals surface area (Å²) in [6, 6.07) is 12.9. The van der Waals surface area contributed by atoms with E-state index in [1.54, 1.807) is 7.11 Å². The second-order valence-electron chi connectivity index (χ2n) is 6.01. The van der Waals surface area contributed by atoms with Crippen LogP contribution in [-0.2, 0) is 13.2 Å². The number of hydrogen-bond donors (Lipinski definition) is 1. The van der Waals surface area contributed by atoms with Crippen molar-refractivity contribution in [1.82, 2.24) is 5.32 Å². The van der Waals surface area contributed by atoms with Crippen LogP contribution in [0.4, 0.5) is 0 Å². The number of aryl methyl sites for hydroxylation is 1. The molecule has 0 aromatic heterocycles. The molecule has 3 nitrogen and oxygen atoms in total. The van der Waals surface area contributed by atoms with Crippen LogP contribution in [0.2, 0.25) is 0 Å². The fourth-order valence-electron chi connectivity index (χ4n) is 2.37. The summed E-state index contributed by atoms with van der Waals surface area (Å²) in [5.74, 6) is 1.49. The fraction of sp³-hybridized carbons (Fsp3) is 0.400. The van der Waals surface area contributed by atoms with Gasteiger partial charge in [0.05, 0.1) is 11.6 Å². The lowest BCUT2D eigenvalue weighted by molar-refractivity contribution is 0.281. The zero-order valence-corrected chi connectivity index (χ0v) is 16.4. The molecule has 0 aliphatic rings. The van der Waals surface area contributed by atoms with Crippen LogP contribution < -0.4 is 14.8 Å². The summed E-state index contributed by atoms with van der Waals surface area (Å²) in [5, 5.41) is 3.49. The number of nitrogens with one attached hydrogen (secondary N) is 1. The molecule has 0 amide bonds. The Kier molecular flexibility index (Phi) is 7.13. The van der Waals surface area contributed by atoms with E-state index in [0.717, 1.165) is 28.9 Å².